The summed E-state index contributed by atoms with van der Waals surface area (Å²) in [5.74, 6) is 0.421. The number of aryl methyl sites for hydroxylation is 1. The smallest absolute Gasteiger partial charge is 0.115 e. The summed E-state index contributed by atoms with van der Waals surface area (Å²) in [6.07, 6.45) is 12.0. The molecule has 0 heterocycles. The molecule has 2 aliphatic rings. The summed E-state index contributed by atoms with van der Waals surface area (Å²) in [6, 6.07) is 7.21. The van der Waals surface area contributed by atoms with Gasteiger partial charge in [0, 0.05) is 12.1 Å². The highest BCUT2D eigenvalue weighted by Gasteiger charge is 2.28. The average molecular weight is 273 g/mol. The molecule has 2 aliphatic carbocycles. The minimum atomic E-state index is 0.421. The first-order chi connectivity index (χ1) is 9.75. The molecule has 1 saturated carbocycles. The Morgan fingerprint density at radius 2 is 1.75 bits per heavy atom. The van der Waals surface area contributed by atoms with Crippen molar-refractivity contribution in [1.82, 2.24) is 4.90 Å². The predicted molar refractivity (Wildman–Crippen MR) is 83.0 cm³/mol. The first-order valence-electron chi connectivity index (χ1n) is 8.29. The molecule has 1 fully saturated rings. The van der Waals surface area contributed by atoms with Gasteiger partial charge in [-0.1, -0.05) is 31.7 Å². The van der Waals surface area contributed by atoms with Gasteiger partial charge in [-0.2, -0.15) is 0 Å². The molecule has 0 spiro atoms. The number of hydrogen-bond donors (Lipinski definition) is 1. The summed E-state index contributed by atoms with van der Waals surface area (Å²) in [5.41, 5.74) is 2.82. The summed E-state index contributed by atoms with van der Waals surface area (Å²) >= 11 is 0. The Morgan fingerprint density at radius 1 is 1.00 bits per heavy atom. The lowest BCUT2D eigenvalue weighted by molar-refractivity contribution is 0.143. The molecule has 1 unspecified atom stereocenters. The van der Waals surface area contributed by atoms with E-state index >= 15 is 0 Å². The fourth-order valence-electron chi connectivity index (χ4n) is 4.10. The number of phenolic OH excluding ortho intramolecular Hbond substituents is 1. The predicted octanol–water partition coefficient (Wildman–Crippen LogP) is 4.42. The summed E-state index contributed by atoms with van der Waals surface area (Å²) in [7, 11) is 2.31. The minimum absolute atomic E-state index is 0.421. The van der Waals surface area contributed by atoms with Crippen molar-refractivity contribution in [3.63, 3.8) is 0 Å². The highest BCUT2D eigenvalue weighted by atomic mass is 16.3. The van der Waals surface area contributed by atoms with E-state index in [0.29, 0.717) is 11.8 Å². The molecule has 1 aromatic rings. The second kappa shape index (κ2) is 6.17. The fourth-order valence-corrected chi connectivity index (χ4v) is 4.10. The van der Waals surface area contributed by atoms with E-state index in [1.165, 1.54) is 68.9 Å². The molecular weight excluding hydrogens is 246 g/mol. The molecular formula is C18H27NO. The van der Waals surface area contributed by atoms with Crippen molar-refractivity contribution in [2.75, 3.05) is 7.05 Å². The summed E-state index contributed by atoms with van der Waals surface area (Å²) in [6.45, 7) is 0. The number of phenols is 1. The van der Waals surface area contributed by atoms with E-state index in [1.54, 1.807) is 0 Å². The van der Waals surface area contributed by atoms with Crippen LogP contribution in [0, 0.1) is 0 Å². The van der Waals surface area contributed by atoms with Gasteiger partial charge < -0.3 is 5.11 Å². The zero-order valence-electron chi connectivity index (χ0n) is 12.6. The second-order valence-electron chi connectivity index (χ2n) is 6.60. The van der Waals surface area contributed by atoms with Gasteiger partial charge in [0.1, 0.15) is 5.75 Å². The Morgan fingerprint density at radius 3 is 2.50 bits per heavy atom. The second-order valence-corrected chi connectivity index (χ2v) is 6.60. The number of fused-ring (bicyclic) bond motifs is 1. The molecule has 20 heavy (non-hydrogen) atoms. The first kappa shape index (κ1) is 13.9. The molecule has 0 aliphatic heterocycles. The number of benzene rings is 1. The topological polar surface area (TPSA) is 23.5 Å². The lowest BCUT2D eigenvalue weighted by Crippen LogP contribution is -2.36. The van der Waals surface area contributed by atoms with Crippen molar-refractivity contribution in [3.05, 3.63) is 29.3 Å². The van der Waals surface area contributed by atoms with Gasteiger partial charge in [0.05, 0.1) is 0 Å². The van der Waals surface area contributed by atoms with Crippen LogP contribution in [0.4, 0.5) is 0 Å². The zero-order valence-corrected chi connectivity index (χ0v) is 12.6. The van der Waals surface area contributed by atoms with Crippen LogP contribution in [0.2, 0.25) is 0 Å². The molecule has 1 N–H and O–H groups in total. The van der Waals surface area contributed by atoms with Crippen LogP contribution in [0.5, 0.6) is 5.75 Å². The molecule has 0 amide bonds. The van der Waals surface area contributed by atoms with Gasteiger partial charge >= 0.3 is 0 Å². The number of rotatable bonds is 2. The first-order valence-corrected chi connectivity index (χ1v) is 8.29. The maximum absolute atomic E-state index is 9.82. The Balaban J connectivity index is 1.81. The summed E-state index contributed by atoms with van der Waals surface area (Å²) < 4.78 is 0. The van der Waals surface area contributed by atoms with E-state index in [1.807, 2.05) is 12.1 Å². The van der Waals surface area contributed by atoms with Crippen LogP contribution in [-0.2, 0) is 6.42 Å². The fraction of sp³-hybridized carbons (Fsp3) is 0.667. The molecule has 1 aromatic carbocycles. The third-order valence-electron chi connectivity index (χ3n) is 5.30. The number of aromatic hydroxyl groups is 1. The van der Waals surface area contributed by atoms with Crippen molar-refractivity contribution in [2.45, 2.75) is 69.9 Å². The lowest BCUT2D eigenvalue weighted by atomic mass is 9.85. The van der Waals surface area contributed by atoms with E-state index in [0.717, 1.165) is 6.04 Å². The molecule has 1 atom stereocenters. The summed E-state index contributed by atoms with van der Waals surface area (Å²) in [4.78, 5) is 2.61. The highest BCUT2D eigenvalue weighted by Crippen LogP contribution is 2.38. The Kier molecular flexibility index (Phi) is 4.30. The highest BCUT2D eigenvalue weighted by molar-refractivity contribution is 5.38. The Labute approximate surface area is 122 Å². The van der Waals surface area contributed by atoms with E-state index < -0.39 is 0 Å². The molecule has 0 aromatic heterocycles. The SMILES string of the molecule is CN(C1CCCCCC1)C1CCCc2ccc(O)cc21. The van der Waals surface area contributed by atoms with Gasteiger partial charge in [0.25, 0.3) is 0 Å². The van der Waals surface area contributed by atoms with Crippen LogP contribution >= 0.6 is 0 Å². The third-order valence-corrected chi connectivity index (χ3v) is 5.30. The van der Waals surface area contributed by atoms with Gasteiger partial charge in [-0.15, -0.1) is 0 Å². The van der Waals surface area contributed by atoms with E-state index in [2.05, 4.69) is 18.0 Å². The maximum atomic E-state index is 9.82. The average Bonchev–Trinajstić information content (AvgIpc) is 2.75. The molecule has 0 saturated heterocycles. The van der Waals surface area contributed by atoms with Gasteiger partial charge in [-0.05, 0) is 62.4 Å². The number of hydrogen-bond acceptors (Lipinski definition) is 2. The normalized spacial score (nSPS) is 24.4. The molecule has 0 radical (unpaired) electrons. The van der Waals surface area contributed by atoms with Crippen LogP contribution in [-0.4, -0.2) is 23.1 Å². The lowest BCUT2D eigenvalue weighted by Gasteiger charge is -2.38. The van der Waals surface area contributed by atoms with E-state index in [9.17, 15) is 5.11 Å². The van der Waals surface area contributed by atoms with Crippen LogP contribution in [0.25, 0.3) is 0 Å². The van der Waals surface area contributed by atoms with Crippen molar-refractivity contribution in [1.29, 1.82) is 0 Å². The molecule has 0 bridgehead atoms. The van der Waals surface area contributed by atoms with Gasteiger partial charge in [-0.3, -0.25) is 4.90 Å². The van der Waals surface area contributed by atoms with Crippen LogP contribution in [0.1, 0.15) is 68.5 Å². The molecule has 110 valence electrons. The maximum Gasteiger partial charge on any atom is 0.115 e. The zero-order chi connectivity index (χ0) is 13.9. The Hall–Kier alpha value is -1.02. The third kappa shape index (κ3) is 2.85. The quantitative estimate of drug-likeness (QED) is 0.806. The largest absolute Gasteiger partial charge is 0.508 e. The van der Waals surface area contributed by atoms with Crippen molar-refractivity contribution < 1.29 is 5.11 Å². The summed E-state index contributed by atoms with van der Waals surface area (Å²) in [5, 5.41) is 9.82. The van der Waals surface area contributed by atoms with E-state index in [-0.39, 0.29) is 0 Å². The minimum Gasteiger partial charge on any atom is -0.508 e. The molecule has 2 nitrogen and oxygen atoms in total. The van der Waals surface area contributed by atoms with Gasteiger partial charge in [0.15, 0.2) is 0 Å². The van der Waals surface area contributed by atoms with Crippen LogP contribution in [0.3, 0.4) is 0 Å². The van der Waals surface area contributed by atoms with E-state index in [4.69, 9.17) is 0 Å². The standard InChI is InChI=1S/C18H27NO/c1-19(15-8-4-2-3-5-9-15)18-10-6-7-14-11-12-16(20)13-17(14)18/h11-13,15,18,20H,2-10H2,1H3. The monoisotopic (exact) mass is 273 g/mol. The van der Waals surface area contributed by atoms with Gasteiger partial charge in [-0.25, -0.2) is 0 Å². The molecule has 2 heteroatoms. The van der Waals surface area contributed by atoms with Crippen LogP contribution < -0.4 is 0 Å². The number of nitrogens with zero attached hydrogens (tertiary/aromatic N) is 1. The van der Waals surface area contributed by atoms with Gasteiger partial charge in [0.2, 0.25) is 0 Å². The Bertz CT molecular complexity index is 449. The van der Waals surface area contributed by atoms with Crippen molar-refractivity contribution in [3.8, 4) is 5.75 Å². The van der Waals surface area contributed by atoms with Crippen molar-refractivity contribution >= 4 is 0 Å². The molecule has 3 rings (SSSR count). The van der Waals surface area contributed by atoms with Crippen molar-refractivity contribution in [2.24, 2.45) is 0 Å². The van der Waals surface area contributed by atoms with Crippen LogP contribution in [0.15, 0.2) is 18.2 Å².